The number of rotatable bonds is 7. The third kappa shape index (κ3) is 3.56. The normalized spacial score (nSPS) is 11.7. The van der Waals surface area contributed by atoms with Crippen LogP contribution in [0.3, 0.4) is 0 Å². The van der Waals surface area contributed by atoms with Gasteiger partial charge < -0.3 is 5.32 Å². The van der Waals surface area contributed by atoms with Gasteiger partial charge in [-0.3, -0.25) is 5.10 Å². The number of aromatic amines is 1. The Balaban J connectivity index is 3.05. The summed E-state index contributed by atoms with van der Waals surface area (Å²) in [5, 5.41) is 9.91. The van der Waals surface area contributed by atoms with Crippen LogP contribution in [-0.2, 0) is 16.6 Å². The van der Waals surface area contributed by atoms with Crippen LogP contribution in [0.5, 0.6) is 0 Å². The molecule has 7 heteroatoms. The number of hydrogen-bond donors (Lipinski definition) is 2. The van der Waals surface area contributed by atoms with Crippen LogP contribution in [-0.4, -0.2) is 43.1 Å². The molecule has 19 heavy (non-hydrogen) atoms. The second-order valence-corrected chi connectivity index (χ2v) is 6.25. The zero-order valence-corrected chi connectivity index (χ0v) is 12.3. The Hall–Kier alpha value is -1.36. The van der Waals surface area contributed by atoms with Gasteiger partial charge in [-0.1, -0.05) is 12.8 Å². The molecule has 0 atom stereocenters. The van der Waals surface area contributed by atoms with Gasteiger partial charge >= 0.3 is 0 Å². The number of aryl methyl sites for hydroxylation is 1. The van der Waals surface area contributed by atoms with E-state index in [0.717, 1.165) is 17.3 Å². The number of terminal acetylenes is 1. The first-order valence-electron chi connectivity index (χ1n) is 6.09. The van der Waals surface area contributed by atoms with Crippen molar-refractivity contribution in [1.82, 2.24) is 19.8 Å². The van der Waals surface area contributed by atoms with Crippen LogP contribution in [0, 0.1) is 19.3 Å². The minimum atomic E-state index is -3.60. The Bertz CT molecular complexity index is 557. The van der Waals surface area contributed by atoms with E-state index in [1.54, 1.807) is 6.92 Å². The second-order valence-electron chi connectivity index (χ2n) is 4.27. The third-order valence-corrected chi connectivity index (χ3v) is 4.67. The van der Waals surface area contributed by atoms with Crippen molar-refractivity contribution in [2.75, 3.05) is 20.1 Å². The van der Waals surface area contributed by atoms with Crippen molar-refractivity contribution in [3.8, 4) is 12.3 Å². The first kappa shape index (κ1) is 15.7. The monoisotopic (exact) mass is 284 g/mol. The van der Waals surface area contributed by atoms with Crippen molar-refractivity contribution >= 4 is 10.0 Å². The molecule has 2 N–H and O–H groups in total. The average Bonchev–Trinajstić information content (AvgIpc) is 2.72. The minimum absolute atomic E-state index is 0.0365. The molecule has 106 valence electrons. The SMILES string of the molecule is C#CCN(C)S(=O)(=O)c1c(CNCCC)n[nH]c1C. The lowest BCUT2D eigenvalue weighted by molar-refractivity contribution is 0.500. The van der Waals surface area contributed by atoms with Crippen LogP contribution >= 0.6 is 0 Å². The van der Waals surface area contributed by atoms with E-state index in [9.17, 15) is 8.42 Å². The predicted molar refractivity (Wildman–Crippen MR) is 74.0 cm³/mol. The lowest BCUT2D eigenvalue weighted by Gasteiger charge is -2.15. The number of H-pyrrole nitrogens is 1. The standard InChI is InChI=1S/C12H20N4O2S/c1-5-7-13-9-11-12(10(3)14-15-11)19(17,18)16(4)8-6-2/h2,13H,5,7-9H2,1,3-4H3,(H,14,15). The molecule has 0 aliphatic heterocycles. The van der Waals surface area contributed by atoms with E-state index in [1.807, 2.05) is 6.92 Å². The number of nitrogens with zero attached hydrogens (tertiary/aromatic N) is 2. The van der Waals surface area contributed by atoms with Crippen LogP contribution in [0.1, 0.15) is 24.7 Å². The summed E-state index contributed by atoms with van der Waals surface area (Å²) < 4.78 is 25.9. The molecule has 0 saturated heterocycles. The fourth-order valence-electron chi connectivity index (χ4n) is 1.68. The van der Waals surface area contributed by atoms with E-state index in [1.165, 1.54) is 7.05 Å². The highest BCUT2D eigenvalue weighted by atomic mass is 32.2. The molecule has 0 unspecified atom stereocenters. The van der Waals surface area contributed by atoms with Crippen LogP contribution in [0.25, 0.3) is 0 Å². The van der Waals surface area contributed by atoms with Gasteiger partial charge in [-0.05, 0) is 19.9 Å². The van der Waals surface area contributed by atoms with E-state index in [4.69, 9.17) is 6.42 Å². The fourth-order valence-corrected chi connectivity index (χ4v) is 3.09. The van der Waals surface area contributed by atoms with E-state index in [-0.39, 0.29) is 11.4 Å². The molecular formula is C12H20N4O2S. The highest BCUT2D eigenvalue weighted by Crippen LogP contribution is 2.21. The summed E-state index contributed by atoms with van der Waals surface area (Å²) >= 11 is 0. The first-order chi connectivity index (χ1) is 8.95. The van der Waals surface area contributed by atoms with Crippen LogP contribution in [0.4, 0.5) is 0 Å². The molecule has 1 rings (SSSR count). The minimum Gasteiger partial charge on any atom is -0.311 e. The second kappa shape index (κ2) is 6.70. The molecule has 0 saturated carbocycles. The molecule has 1 heterocycles. The van der Waals surface area contributed by atoms with E-state index >= 15 is 0 Å². The van der Waals surface area contributed by atoms with E-state index in [0.29, 0.717) is 17.9 Å². The summed E-state index contributed by atoms with van der Waals surface area (Å²) in [5.74, 6) is 2.33. The molecule has 0 fully saturated rings. The Kier molecular flexibility index (Phi) is 5.54. The average molecular weight is 284 g/mol. The van der Waals surface area contributed by atoms with Crippen molar-refractivity contribution in [3.05, 3.63) is 11.4 Å². The molecule has 0 aromatic carbocycles. The molecule has 0 bridgehead atoms. The lowest BCUT2D eigenvalue weighted by Crippen LogP contribution is -2.29. The summed E-state index contributed by atoms with van der Waals surface area (Å²) in [4.78, 5) is 0.217. The summed E-state index contributed by atoms with van der Waals surface area (Å²) in [7, 11) is -2.14. The Morgan fingerprint density at radius 1 is 1.53 bits per heavy atom. The van der Waals surface area contributed by atoms with Gasteiger partial charge in [-0.15, -0.1) is 6.42 Å². The molecule has 0 spiro atoms. The van der Waals surface area contributed by atoms with Crippen LogP contribution in [0.2, 0.25) is 0 Å². The van der Waals surface area contributed by atoms with Gasteiger partial charge in [0.05, 0.1) is 17.9 Å². The maximum Gasteiger partial charge on any atom is 0.247 e. The van der Waals surface area contributed by atoms with Crippen molar-refractivity contribution in [2.24, 2.45) is 0 Å². The molecule has 1 aromatic heterocycles. The highest BCUT2D eigenvalue weighted by molar-refractivity contribution is 7.89. The van der Waals surface area contributed by atoms with Crippen molar-refractivity contribution in [1.29, 1.82) is 0 Å². The zero-order valence-electron chi connectivity index (χ0n) is 11.5. The quantitative estimate of drug-likeness (QED) is 0.563. The smallest absolute Gasteiger partial charge is 0.247 e. The van der Waals surface area contributed by atoms with Crippen molar-refractivity contribution < 1.29 is 8.42 Å². The summed E-state index contributed by atoms with van der Waals surface area (Å²) in [6.45, 7) is 4.99. The maximum atomic E-state index is 12.4. The Labute approximate surface area is 114 Å². The molecule has 0 radical (unpaired) electrons. The topological polar surface area (TPSA) is 78.1 Å². The summed E-state index contributed by atoms with van der Waals surface area (Å²) in [5.41, 5.74) is 1.02. The van der Waals surface area contributed by atoms with E-state index in [2.05, 4.69) is 21.4 Å². The van der Waals surface area contributed by atoms with Gasteiger partial charge in [-0.25, -0.2) is 8.42 Å². The fraction of sp³-hybridized carbons (Fsp3) is 0.583. The zero-order chi connectivity index (χ0) is 14.5. The summed E-state index contributed by atoms with van der Waals surface area (Å²) in [6, 6.07) is 0. The lowest BCUT2D eigenvalue weighted by atomic mass is 10.3. The molecule has 0 aliphatic carbocycles. The number of hydrogen-bond acceptors (Lipinski definition) is 4. The molecule has 0 amide bonds. The first-order valence-corrected chi connectivity index (χ1v) is 7.53. The van der Waals surface area contributed by atoms with Gasteiger partial charge in [0.1, 0.15) is 4.90 Å². The highest BCUT2D eigenvalue weighted by Gasteiger charge is 2.27. The molecular weight excluding hydrogens is 264 g/mol. The molecule has 0 aliphatic rings. The van der Waals surface area contributed by atoms with Crippen LogP contribution < -0.4 is 5.32 Å². The van der Waals surface area contributed by atoms with Gasteiger partial charge in [0.25, 0.3) is 0 Å². The molecule has 1 aromatic rings. The largest absolute Gasteiger partial charge is 0.311 e. The van der Waals surface area contributed by atoms with Gasteiger partial charge in [0, 0.05) is 13.6 Å². The number of aromatic nitrogens is 2. The Morgan fingerprint density at radius 3 is 2.79 bits per heavy atom. The number of sulfonamides is 1. The van der Waals surface area contributed by atoms with Gasteiger partial charge in [0.15, 0.2) is 0 Å². The van der Waals surface area contributed by atoms with E-state index < -0.39 is 10.0 Å². The Morgan fingerprint density at radius 2 is 2.21 bits per heavy atom. The van der Waals surface area contributed by atoms with Crippen molar-refractivity contribution in [2.45, 2.75) is 31.7 Å². The predicted octanol–water partition coefficient (Wildman–Crippen LogP) is 0.471. The van der Waals surface area contributed by atoms with Gasteiger partial charge in [-0.2, -0.15) is 9.40 Å². The van der Waals surface area contributed by atoms with Crippen LogP contribution in [0.15, 0.2) is 4.90 Å². The number of nitrogens with one attached hydrogen (secondary N) is 2. The van der Waals surface area contributed by atoms with Crippen molar-refractivity contribution in [3.63, 3.8) is 0 Å². The maximum absolute atomic E-state index is 12.4. The third-order valence-electron chi connectivity index (χ3n) is 2.66. The van der Waals surface area contributed by atoms with Gasteiger partial charge in [0.2, 0.25) is 10.0 Å². The summed E-state index contributed by atoms with van der Waals surface area (Å²) in [6.07, 6.45) is 6.14. The molecule has 6 nitrogen and oxygen atoms in total.